The van der Waals surface area contributed by atoms with Crippen molar-refractivity contribution in [1.82, 2.24) is 10.9 Å². The van der Waals surface area contributed by atoms with E-state index in [1.54, 1.807) is 24.3 Å². The molecule has 0 unspecified atom stereocenters. The molecule has 0 aromatic heterocycles. The van der Waals surface area contributed by atoms with Crippen LogP contribution in [-0.4, -0.2) is 17.6 Å². The second kappa shape index (κ2) is 8.39. The molecule has 0 aliphatic rings. The van der Waals surface area contributed by atoms with E-state index in [1.165, 1.54) is 17.3 Å². The van der Waals surface area contributed by atoms with Gasteiger partial charge in [-0.25, -0.2) is 0 Å². The molecule has 2 amide bonds. The smallest absolute Gasteiger partial charge is 0.269 e. The third-order valence-electron chi connectivity index (χ3n) is 3.27. The van der Waals surface area contributed by atoms with Gasteiger partial charge in [0.1, 0.15) is 0 Å². The topological polar surface area (TPSA) is 58.2 Å². The van der Waals surface area contributed by atoms with Crippen molar-refractivity contribution in [2.24, 2.45) is 0 Å². The number of hydrazine groups is 1. The normalized spacial score (nSPS) is 10.4. The number of amides is 2. The second-order valence-corrected chi connectivity index (χ2v) is 6.43. The van der Waals surface area contributed by atoms with Crippen LogP contribution < -0.4 is 10.9 Å². The van der Waals surface area contributed by atoms with Crippen LogP contribution in [0.4, 0.5) is 0 Å². The molecular weight excluding hydrogens is 308 g/mol. The molecule has 0 atom stereocenters. The Morgan fingerprint density at radius 2 is 1.61 bits per heavy atom. The fraction of sp³-hybridized carbons (Fsp3) is 0.222. The third kappa shape index (κ3) is 5.45. The molecular formula is C18H20N2O2S. The summed E-state index contributed by atoms with van der Waals surface area (Å²) in [6.07, 6.45) is 0. The quantitative estimate of drug-likeness (QED) is 0.653. The summed E-state index contributed by atoms with van der Waals surface area (Å²) in [6.45, 7) is 4.29. The van der Waals surface area contributed by atoms with E-state index in [4.69, 9.17) is 0 Å². The highest BCUT2D eigenvalue weighted by molar-refractivity contribution is 8.00. The summed E-state index contributed by atoms with van der Waals surface area (Å²) in [5, 5.41) is 0. The van der Waals surface area contributed by atoms with Crippen molar-refractivity contribution in [2.75, 3.05) is 5.75 Å². The number of carbonyl (C=O) groups excluding carboxylic acids is 2. The van der Waals surface area contributed by atoms with Gasteiger partial charge in [0.2, 0.25) is 5.91 Å². The van der Waals surface area contributed by atoms with Crippen LogP contribution in [0.15, 0.2) is 59.5 Å². The molecule has 0 aliphatic carbocycles. The molecule has 0 saturated carbocycles. The first kappa shape index (κ1) is 17.1. The fourth-order valence-electron chi connectivity index (χ4n) is 1.92. The molecule has 0 heterocycles. The Labute approximate surface area is 140 Å². The molecule has 120 valence electrons. The molecule has 0 bridgehead atoms. The lowest BCUT2D eigenvalue weighted by Gasteiger charge is -2.08. The van der Waals surface area contributed by atoms with Crippen molar-refractivity contribution in [2.45, 2.75) is 24.7 Å². The van der Waals surface area contributed by atoms with Crippen LogP contribution >= 0.6 is 11.8 Å². The van der Waals surface area contributed by atoms with Gasteiger partial charge in [-0.2, -0.15) is 0 Å². The molecule has 0 radical (unpaired) electrons. The first-order valence-electron chi connectivity index (χ1n) is 7.43. The molecule has 0 spiro atoms. The van der Waals surface area contributed by atoms with E-state index in [0.29, 0.717) is 11.5 Å². The van der Waals surface area contributed by atoms with Gasteiger partial charge in [-0.05, 0) is 35.7 Å². The molecule has 2 rings (SSSR count). The highest BCUT2D eigenvalue weighted by Crippen LogP contribution is 2.21. The zero-order chi connectivity index (χ0) is 16.7. The summed E-state index contributed by atoms with van der Waals surface area (Å²) in [5.74, 6) is 0.166. The van der Waals surface area contributed by atoms with Crippen molar-refractivity contribution in [3.8, 4) is 0 Å². The molecule has 2 aromatic carbocycles. The van der Waals surface area contributed by atoms with Crippen LogP contribution in [0.2, 0.25) is 0 Å². The maximum atomic E-state index is 11.8. The molecule has 2 aromatic rings. The highest BCUT2D eigenvalue weighted by Gasteiger charge is 2.07. The summed E-state index contributed by atoms with van der Waals surface area (Å²) in [7, 11) is 0. The molecule has 23 heavy (non-hydrogen) atoms. The van der Waals surface area contributed by atoms with E-state index >= 15 is 0 Å². The molecule has 5 heteroatoms. The molecule has 2 N–H and O–H groups in total. The van der Waals surface area contributed by atoms with Gasteiger partial charge in [-0.15, -0.1) is 11.8 Å². The minimum atomic E-state index is -0.328. The van der Waals surface area contributed by atoms with E-state index < -0.39 is 0 Å². The molecule has 4 nitrogen and oxygen atoms in total. The Hall–Kier alpha value is -2.27. The number of thioether (sulfide) groups is 1. The van der Waals surface area contributed by atoms with Crippen LogP contribution in [0.3, 0.4) is 0 Å². The lowest BCUT2D eigenvalue weighted by atomic mass is 10.0. The minimum absolute atomic E-state index is 0.243. The third-order valence-corrected chi connectivity index (χ3v) is 4.28. The summed E-state index contributed by atoms with van der Waals surface area (Å²) in [4.78, 5) is 24.6. The van der Waals surface area contributed by atoms with Crippen molar-refractivity contribution < 1.29 is 9.59 Å². The van der Waals surface area contributed by atoms with Crippen LogP contribution in [0.1, 0.15) is 35.7 Å². The summed E-state index contributed by atoms with van der Waals surface area (Å²) in [6, 6.07) is 16.9. The molecule has 0 aliphatic heterocycles. The van der Waals surface area contributed by atoms with Gasteiger partial charge < -0.3 is 0 Å². The number of carbonyl (C=O) groups is 2. The average molecular weight is 328 g/mol. The SMILES string of the molecule is CC(C)c1ccc(SCC(=O)NNC(=O)c2ccccc2)cc1. The largest absolute Gasteiger partial charge is 0.272 e. The zero-order valence-corrected chi connectivity index (χ0v) is 14.0. The predicted octanol–water partition coefficient (Wildman–Crippen LogP) is 3.36. The van der Waals surface area contributed by atoms with Gasteiger partial charge in [0.25, 0.3) is 5.91 Å². The van der Waals surface area contributed by atoms with Crippen molar-refractivity contribution in [3.05, 3.63) is 65.7 Å². The summed E-state index contributed by atoms with van der Waals surface area (Å²) < 4.78 is 0. The standard InChI is InChI=1S/C18H20N2O2S/c1-13(2)14-8-10-16(11-9-14)23-12-17(21)19-20-18(22)15-6-4-3-5-7-15/h3-11,13H,12H2,1-2H3,(H,19,21)(H,20,22). The van der Waals surface area contributed by atoms with Crippen LogP contribution in [0.5, 0.6) is 0 Å². The Morgan fingerprint density at radius 1 is 0.957 bits per heavy atom. The monoisotopic (exact) mass is 328 g/mol. The lowest BCUT2D eigenvalue weighted by molar-refractivity contribution is -0.119. The van der Waals surface area contributed by atoms with Gasteiger partial charge in [0.15, 0.2) is 0 Å². The van der Waals surface area contributed by atoms with Gasteiger partial charge >= 0.3 is 0 Å². The highest BCUT2D eigenvalue weighted by atomic mass is 32.2. The Balaban J connectivity index is 1.76. The zero-order valence-electron chi connectivity index (χ0n) is 13.2. The van der Waals surface area contributed by atoms with E-state index in [9.17, 15) is 9.59 Å². The van der Waals surface area contributed by atoms with Crippen molar-refractivity contribution in [3.63, 3.8) is 0 Å². The van der Waals surface area contributed by atoms with Crippen LogP contribution in [0, 0.1) is 0 Å². The number of hydrogen-bond donors (Lipinski definition) is 2. The predicted molar refractivity (Wildman–Crippen MR) is 93.3 cm³/mol. The van der Waals surface area contributed by atoms with Gasteiger partial charge in [-0.1, -0.05) is 44.2 Å². The Kier molecular flexibility index (Phi) is 6.23. The first-order valence-corrected chi connectivity index (χ1v) is 8.42. The number of hydrogen-bond acceptors (Lipinski definition) is 3. The van der Waals surface area contributed by atoms with Crippen LogP contribution in [0.25, 0.3) is 0 Å². The van der Waals surface area contributed by atoms with Crippen LogP contribution in [-0.2, 0) is 4.79 Å². The number of rotatable bonds is 5. The maximum Gasteiger partial charge on any atom is 0.269 e. The molecule has 0 saturated heterocycles. The minimum Gasteiger partial charge on any atom is -0.272 e. The lowest BCUT2D eigenvalue weighted by Crippen LogP contribution is -2.42. The van der Waals surface area contributed by atoms with Gasteiger partial charge in [0.05, 0.1) is 5.75 Å². The van der Waals surface area contributed by atoms with E-state index in [-0.39, 0.29) is 17.6 Å². The summed E-state index contributed by atoms with van der Waals surface area (Å²) in [5.41, 5.74) is 6.61. The van der Waals surface area contributed by atoms with Crippen molar-refractivity contribution in [1.29, 1.82) is 0 Å². The summed E-state index contributed by atoms with van der Waals surface area (Å²) >= 11 is 1.43. The molecule has 0 fully saturated rings. The average Bonchev–Trinajstić information content (AvgIpc) is 2.59. The Bertz CT molecular complexity index is 654. The number of nitrogens with one attached hydrogen (secondary N) is 2. The fourth-order valence-corrected chi connectivity index (χ4v) is 2.62. The first-order chi connectivity index (χ1) is 11.1. The van der Waals surface area contributed by atoms with Crippen molar-refractivity contribution >= 4 is 23.6 Å². The second-order valence-electron chi connectivity index (χ2n) is 5.38. The Morgan fingerprint density at radius 3 is 2.22 bits per heavy atom. The van der Waals surface area contributed by atoms with E-state index in [1.807, 2.05) is 18.2 Å². The maximum absolute atomic E-state index is 11.8. The number of benzene rings is 2. The van der Waals surface area contributed by atoms with Gasteiger partial charge in [0, 0.05) is 10.5 Å². The van der Waals surface area contributed by atoms with Gasteiger partial charge in [-0.3, -0.25) is 20.4 Å². The van der Waals surface area contributed by atoms with E-state index in [0.717, 1.165) is 4.90 Å². The van der Waals surface area contributed by atoms with E-state index in [2.05, 4.69) is 36.8 Å².